The maximum atomic E-state index is 12.9. The van der Waals surface area contributed by atoms with Crippen molar-refractivity contribution in [2.45, 2.75) is 13.3 Å². The molecule has 0 spiro atoms. The van der Waals surface area contributed by atoms with Gasteiger partial charge in [0.15, 0.2) is 0 Å². The predicted octanol–water partition coefficient (Wildman–Crippen LogP) is 4.21. The van der Waals surface area contributed by atoms with Gasteiger partial charge in [-0.15, -0.1) is 10.2 Å². The van der Waals surface area contributed by atoms with Gasteiger partial charge in [-0.3, -0.25) is 4.79 Å². The van der Waals surface area contributed by atoms with Gasteiger partial charge in [0.25, 0.3) is 5.91 Å². The van der Waals surface area contributed by atoms with E-state index in [4.69, 9.17) is 4.74 Å². The van der Waals surface area contributed by atoms with Crippen molar-refractivity contribution in [1.29, 1.82) is 0 Å². The van der Waals surface area contributed by atoms with Crippen molar-refractivity contribution in [1.82, 2.24) is 15.5 Å². The first kappa shape index (κ1) is 17.5. The van der Waals surface area contributed by atoms with Crippen molar-refractivity contribution in [3.8, 4) is 22.9 Å². The molecule has 1 heterocycles. The number of hydrogen-bond acceptors (Lipinski definition) is 4. The van der Waals surface area contributed by atoms with E-state index in [1.54, 1.807) is 30.3 Å². The lowest BCUT2D eigenvalue weighted by Crippen LogP contribution is -2.23. The van der Waals surface area contributed by atoms with Gasteiger partial charge in [-0.05, 0) is 48.9 Å². The standard InChI is InChI=1S/C20H18FN3O2/c1-2-12-22-20(25)15-5-3-4-14(13-15)18-10-11-19(24-23-18)26-17-8-6-16(21)7-9-17/h3-11,13H,2,12H2,1H3,(H,22,25). The number of benzene rings is 2. The number of hydrogen-bond donors (Lipinski definition) is 1. The van der Waals surface area contributed by atoms with E-state index in [1.807, 2.05) is 13.0 Å². The molecule has 0 fully saturated rings. The Kier molecular flexibility index (Phi) is 5.53. The van der Waals surface area contributed by atoms with E-state index in [2.05, 4.69) is 15.5 Å². The van der Waals surface area contributed by atoms with Crippen molar-refractivity contribution >= 4 is 5.91 Å². The first-order chi connectivity index (χ1) is 12.7. The highest BCUT2D eigenvalue weighted by atomic mass is 19.1. The molecule has 132 valence electrons. The smallest absolute Gasteiger partial charge is 0.251 e. The number of nitrogens with zero attached hydrogens (tertiary/aromatic N) is 2. The highest BCUT2D eigenvalue weighted by Crippen LogP contribution is 2.22. The average Bonchev–Trinajstić information content (AvgIpc) is 2.68. The van der Waals surface area contributed by atoms with Crippen LogP contribution in [0.2, 0.25) is 0 Å². The lowest BCUT2D eigenvalue weighted by atomic mass is 10.1. The minimum Gasteiger partial charge on any atom is -0.438 e. The molecule has 6 heteroatoms. The number of carbonyl (C=O) groups excluding carboxylic acids is 1. The van der Waals surface area contributed by atoms with Gasteiger partial charge >= 0.3 is 0 Å². The second-order valence-corrected chi connectivity index (χ2v) is 5.65. The molecule has 0 aliphatic carbocycles. The van der Waals surface area contributed by atoms with Gasteiger partial charge in [0, 0.05) is 23.7 Å². The average molecular weight is 351 g/mol. The molecule has 2 aromatic carbocycles. The summed E-state index contributed by atoms with van der Waals surface area (Å²) in [5.41, 5.74) is 1.99. The van der Waals surface area contributed by atoms with Crippen LogP contribution in [0, 0.1) is 5.82 Å². The Balaban J connectivity index is 1.74. The largest absolute Gasteiger partial charge is 0.438 e. The molecule has 0 bridgehead atoms. The Morgan fingerprint density at radius 2 is 1.88 bits per heavy atom. The molecular weight excluding hydrogens is 333 g/mol. The van der Waals surface area contributed by atoms with Crippen molar-refractivity contribution in [3.05, 3.63) is 72.0 Å². The van der Waals surface area contributed by atoms with E-state index in [1.165, 1.54) is 24.3 Å². The predicted molar refractivity (Wildman–Crippen MR) is 96.6 cm³/mol. The van der Waals surface area contributed by atoms with Gasteiger partial charge in [0.1, 0.15) is 11.6 Å². The minimum absolute atomic E-state index is 0.113. The Hall–Kier alpha value is -3.28. The summed E-state index contributed by atoms with van der Waals surface area (Å²) in [7, 11) is 0. The Morgan fingerprint density at radius 3 is 2.58 bits per heavy atom. The first-order valence-electron chi connectivity index (χ1n) is 8.31. The van der Waals surface area contributed by atoms with Gasteiger partial charge in [-0.25, -0.2) is 4.39 Å². The second-order valence-electron chi connectivity index (χ2n) is 5.65. The summed E-state index contributed by atoms with van der Waals surface area (Å²) in [6.07, 6.45) is 0.881. The molecule has 0 aliphatic heterocycles. The number of halogens is 1. The molecule has 0 saturated carbocycles. The van der Waals surface area contributed by atoms with E-state index in [-0.39, 0.29) is 11.7 Å². The summed E-state index contributed by atoms with van der Waals surface area (Å²) < 4.78 is 18.4. The van der Waals surface area contributed by atoms with Crippen LogP contribution in [0.1, 0.15) is 23.7 Å². The molecule has 1 aromatic heterocycles. The second kappa shape index (κ2) is 8.20. The molecule has 0 radical (unpaired) electrons. The number of carbonyl (C=O) groups is 1. The van der Waals surface area contributed by atoms with Crippen LogP contribution in [-0.4, -0.2) is 22.6 Å². The molecule has 0 aliphatic rings. The highest BCUT2D eigenvalue weighted by molar-refractivity contribution is 5.95. The fraction of sp³-hybridized carbons (Fsp3) is 0.150. The lowest BCUT2D eigenvalue weighted by molar-refractivity contribution is 0.0953. The van der Waals surface area contributed by atoms with Gasteiger partial charge < -0.3 is 10.1 Å². The minimum atomic E-state index is -0.332. The molecule has 1 N–H and O–H groups in total. The molecule has 0 saturated heterocycles. The Bertz CT molecular complexity index is 880. The molecular formula is C20H18FN3O2. The molecule has 3 rings (SSSR count). The summed E-state index contributed by atoms with van der Waals surface area (Å²) in [5.74, 6) is 0.333. The highest BCUT2D eigenvalue weighted by Gasteiger charge is 2.08. The maximum Gasteiger partial charge on any atom is 0.251 e. The number of rotatable bonds is 6. The molecule has 3 aromatic rings. The van der Waals surface area contributed by atoms with Crippen LogP contribution < -0.4 is 10.1 Å². The number of aromatic nitrogens is 2. The Morgan fingerprint density at radius 1 is 1.08 bits per heavy atom. The monoisotopic (exact) mass is 351 g/mol. The van der Waals surface area contributed by atoms with E-state index >= 15 is 0 Å². The number of amides is 1. The van der Waals surface area contributed by atoms with Crippen LogP contribution in [0.25, 0.3) is 11.3 Å². The van der Waals surface area contributed by atoms with Crippen molar-refractivity contribution in [3.63, 3.8) is 0 Å². The van der Waals surface area contributed by atoms with E-state index in [0.717, 1.165) is 12.0 Å². The maximum absolute atomic E-state index is 12.9. The quantitative estimate of drug-likeness (QED) is 0.722. The van der Waals surface area contributed by atoms with E-state index in [9.17, 15) is 9.18 Å². The van der Waals surface area contributed by atoms with Crippen LogP contribution in [0.3, 0.4) is 0 Å². The van der Waals surface area contributed by atoms with Crippen LogP contribution in [0.5, 0.6) is 11.6 Å². The number of nitrogens with one attached hydrogen (secondary N) is 1. The van der Waals surface area contributed by atoms with Crippen molar-refractivity contribution in [2.75, 3.05) is 6.54 Å². The van der Waals surface area contributed by atoms with E-state index in [0.29, 0.717) is 29.4 Å². The normalized spacial score (nSPS) is 10.4. The van der Waals surface area contributed by atoms with Gasteiger partial charge in [-0.2, -0.15) is 0 Å². The van der Waals surface area contributed by atoms with Crippen molar-refractivity contribution in [2.24, 2.45) is 0 Å². The SMILES string of the molecule is CCCNC(=O)c1cccc(-c2ccc(Oc3ccc(F)cc3)nn2)c1. The zero-order valence-electron chi connectivity index (χ0n) is 14.3. The third-order valence-corrected chi connectivity index (χ3v) is 3.63. The van der Waals surface area contributed by atoms with Gasteiger partial charge in [-0.1, -0.05) is 19.1 Å². The zero-order valence-corrected chi connectivity index (χ0v) is 14.3. The molecule has 26 heavy (non-hydrogen) atoms. The molecule has 5 nitrogen and oxygen atoms in total. The van der Waals surface area contributed by atoms with Crippen LogP contribution in [0.15, 0.2) is 60.7 Å². The molecule has 0 atom stereocenters. The molecule has 0 unspecified atom stereocenters. The number of ether oxygens (including phenoxy) is 1. The van der Waals surface area contributed by atoms with Crippen molar-refractivity contribution < 1.29 is 13.9 Å². The summed E-state index contributed by atoms with van der Waals surface area (Å²) in [6.45, 7) is 2.64. The topological polar surface area (TPSA) is 64.1 Å². The molecule has 1 amide bonds. The fourth-order valence-corrected chi connectivity index (χ4v) is 2.31. The summed E-state index contributed by atoms with van der Waals surface area (Å²) in [6, 6.07) is 16.3. The summed E-state index contributed by atoms with van der Waals surface area (Å²) in [5, 5.41) is 11.0. The van der Waals surface area contributed by atoms with E-state index < -0.39 is 0 Å². The lowest BCUT2D eigenvalue weighted by Gasteiger charge is -2.07. The summed E-state index contributed by atoms with van der Waals surface area (Å²) in [4.78, 5) is 12.1. The van der Waals surface area contributed by atoms with Gasteiger partial charge in [0.2, 0.25) is 5.88 Å². The third-order valence-electron chi connectivity index (χ3n) is 3.63. The van der Waals surface area contributed by atoms with Crippen LogP contribution in [-0.2, 0) is 0 Å². The van der Waals surface area contributed by atoms with Gasteiger partial charge in [0.05, 0.1) is 5.69 Å². The zero-order chi connectivity index (χ0) is 18.4. The summed E-state index contributed by atoms with van der Waals surface area (Å²) >= 11 is 0. The van der Waals surface area contributed by atoms with Crippen LogP contribution >= 0.6 is 0 Å². The Labute approximate surface area is 150 Å². The first-order valence-corrected chi connectivity index (χ1v) is 8.31. The third kappa shape index (κ3) is 4.42. The van der Waals surface area contributed by atoms with Crippen LogP contribution in [0.4, 0.5) is 4.39 Å². The fourth-order valence-electron chi connectivity index (χ4n) is 2.31.